The van der Waals surface area contributed by atoms with E-state index in [-0.39, 0.29) is 12.3 Å². The number of aromatic nitrogens is 1. The number of hydrogen-bond donors (Lipinski definition) is 2. The lowest BCUT2D eigenvalue weighted by molar-refractivity contribution is -0.115. The molecule has 19 heavy (non-hydrogen) atoms. The molecule has 5 nitrogen and oxygen atoms in total. The van der Waals surface area contributed by atoms with E-state index in [9.17, 15) is 9.59 Å². The molecule has 1 aromatic carbocycles. The van der Waals surface area contributed by atoms with Crippen LogP contribution in [0.1, 0.15) is 16.1 Å². The molecule has 0 spiro atoms. The van der Waals surface area contributed by atoms with Crippen molar-refractivity contribution in [2.45, 2.75) is 6.42 Å². The van der Waals surface area contributed by atoms with Crippen molar-refractivity contribution in [2.24, 2.45) is 5.73 Å². The maximum atomic E-state index is 11.8. The topological polar surface area (TPSA) is 85.1 Å². The minimum atomic E-state index is -0.494. The van der Waals surface area contributed by atoms with Crippen molar-refractivity contribution >= 4 is 17.5 Å². The van der Waals surface area contributed by atoms with Crippen LogP contribution in [0, 0.1) is 0 Å². The molecule has 2 rings (SSSR count). The number of hydrogen-bond acceptors (Lipinski definition) is 3. The van der Waals surface area contributed by atoms with Crippen LogP contribution < -0.4 is 11.1 Å². The number of nitrogens with zero attached hydrogens (tertiary/aromatic N) is 1. The summed E-state index contributed by atoms with van der Waals surface area (Å²) < 4.78 is 0. The van der Waals surface area contributed by atoms with Gasteiger partial charge in [0, 0.05) is 23.1 Å². The molecule has 0 radical (unpaired) electrons. The summed E-state index contributed by atoms with van der Waals surface area (Å²) in [6.07, 6.45) is 1.85. The van der Waals surface area contributed by atoms with Gasteiger partial charge in [-0.1, -0.05) is 6.07 Å². The molecule has 3 N–H and O–H groups in total. The first-order chi connectivity index (χ1) is 9.15. The number of carbonyl (C=O) groups excluding carboxylic acids is 2. The molecule has 1 heterocycles. The summed E-state index contributed by atoms with van der Waals surface area (Å²) in [6, 6.07) is 11.8. The lowest BCUT2D eigenvalue weighted by Gasteiger charge is -2.05. The molecule has 0 saturated heterocycles. The van der Waals surface area contributed by atoms with E-state index in [1.807, 2.05) is 6.07 Å². The van der Waals surface area contributed by atoms with Crippen molar-refractivity contribution < 1.29 is 9.59 Å². The second-order valence-corrected chi connectivity index (χ2v) is 3.99. The Balaban J connectivity index is 1.97. The van der Waals surface area contributed by atoms with Gasteiger partial charge in [0.15, 0.2) is 0 Å². The number of carbonyl (C=O) groups is 2. The summed E-state index contributed by atoms with van der Waals surface area (Å²) >= 11 is 0. The third-order valence-corrected chi connectivity index (χ3v) is 2.52. The van der Waals surface area contributed by atoms with Crippen LogP contribution in [0.4, 0.5) is 5.69 Å². The van der Waals surface area contributed by atoms with Gasteiger partial charge in [0.25, 0.3) is 0 Å². The van der Waals surface area contributed by atoms with E-state index in [2.05, 4.69) is 10.3 Å². The summed E-state index contributed by atoms with van der Waals surface area (Å²) in [6.45, 7) is 0. The summed E-state index contributed by atoms with van der Waals surface area (Å²) in [5, 5.41) is 2.73. The van der Waals surface area contributed by atoms with E-state index in [0.717, 1.165) is 0 Å². The van der Waals surface area contributed by atoms with Crippen LogP contribution >= 0.6 is 0 Å². The van der Waals surface area contributed by atoms with Crippen LogP contribution in [-0.2, 0) is 11.2 Å². The van der Waals surface area contributed by atoms with Gasteiger partial charge in [-0.05, 0) is 36.4 Å². The third-order valence-electron chi connectivity index (χ3n) is 2.52. The molecule has 0 atom stereocenters. The Kier molecular flexibility index (Phi) is 3.87. The molecular weight excluding hydrogens is 242 g/mol. The number of nitrogens with two attached hydrogens (primary N) is 1. The van der Waals surface area contributed by atoms with Crippen LogP contribution in [0.3, 0.4) is 0 Å². The van der Waals surface area contributed by atoms with E-state index < -0.39 is 5.91 Å². The predicted molar refractivity (Wildman–Crippen MR) is 71.5 cm³/mol. The number of primary amides is 1. The highest BCUT2D eigenvalue weighted by molar-refractivity contribution is 5.95. The van der Waals surface area contributed by atoms with Crippen molar-refractivity contribution in [3.63, 3.8) is 0 Å². The van der Waals surface area contributed by atoms with E-state index in [1.165, 1.54) is 0 Å². The highest BCUT2D eigenvalue weighted by atomic mass is 16.2. The molecule has 0 aliphatic heterocycles. The van der Waals surface area contributed by atoms with E-state index >= 15 is 0 Å². The zero-order valence-electron chi connectivity index (χ0n) is 10.2. The van der Waals surface area contributed by atoms with Crippen molar-refractivity contribution in [3.8, 4) is 0 Å². The van der Waals surface area contributed by atoms with E-state index in [1.54, 1.807) is 42.6 Å². The fraction of sp³-hybridized carbons (Fsp3) is 0.0714. The van der Waals surface area contributed by atoms with Crippen LogP contribution in [0.15, 0.2) is 48.7 Å². The van der Waals surface area contributed by atoms with Crippen LogP contribution in [-0.4, -0.2) is 16.8 Å². The molecular formula is C14H13N3O2. The molecule has 0 saturated carbocycles. The molecule has 5 heteroatoms. The van der Waals surface area contributed by atoms with Crippen LogP contribution in [0.5, 0.6) is 0 Å². The van der Waals surface area contributed by atoms with E-state index in [4.69, 9.17) is 5.73 Å². The van der Waals surface area contributed by atoms with Crippen LogP contribution in [0.25, 0.3) is 0 Å². The molecule has 0 unspecified atom stereocenters. The highest BCUT2D eigenvalue weighted by Crippen LogP contribution is 2.09. The lowest BCUT2D eigenvalue weighted by Crippen LogP contribution is -2.15. The van der Waals surface area contributed by atoms with Gasteiger partial charge in [0.1, 0.15) is 0 Å². The Morgan fingerprint density at radius 1 is 1.11 bits per heavy atom. The van der Waals surface area contributed by atoms with Gasteiger partial charge in [-0.3, -0.25) is 14.6 Å². The molecule has 0 aliphatic rings. The number of benzene rings is 1. The number of rotatable bonds is 4. The minimum absolute atomic E-state index is 0.162. The van der Waals surface area contributed by atoms with Crippen molar-refractivity contribution in [3.05, 3.63) is 59.9 Å². The summed E-state index contributed by atoms with van der Waals surface area (Å²) in [4.78, 5) is 26.7. The Bertz CT molecular complexity index is 579. The van der Waals surface area contributed by atoms with Crippen molar-refractivity contribution in [1.29, 1.82) is 0 Å². The van der Waals surface area contributed by atoms with E-state index in [0.29, 0.717) is 16.9 Å². The van der Waals surface area contributed by atoms with Gasteiger partial charge in [0.05, 0.1) is 6.42 Å². The second kappa shape index (κ2) is 5.77. The van der Waals surface area contributed by atoms with Gasteiger partial charge in [-0.25, -0.2) is 0 Å². The maximum Gasteiger partial charge on any atom is 0.248 e. The Hall–Kier alpha value is -2.69. The first-order valence-corrected chi connectivity index (χ1v) is 5.75. The minimum Gasteiger partial charge on any atom is -0.366 e. The Morgan fingerprint density at radius 2 is 1.84 bits per heavy atom. The molecule has 0 aliphatic carbocycles. The number of anilines is 1. The Morgan fingerprint density at radius 3 is 2.42 bits per heavy atom. The summed E-state index contributed by atoms with van der Waals surface area (Å²) in [7, 11) is 0. The molecule has 2 amide bonds. The van der Waals surface area contributed by atoms with Gasteiger partial charge >= 0.3 is 0 Å². The largest absolute Gasteiger partial charge is 0.366 e. The lowest BCUT2D eigenvalue weighted by atomic mass is 10.2. The molecule has 0 fully saturated rings. The average molecular weight is 255 g/mol. The fourth-order valence-electron chi connectivity index (χ4n) is 1.59. The highest BCUT2D eigenvalue weighted by Gasteiger charge is 2.05. The molecule has 96 valence electrons. The summed E-state index contributed by atoms with van der Waals surface area (Å²) in [5.74, 6) is -0.656. The Labute approximate surface area is 110 Å². The number of amides is 2. The zero-order valence-corrected chi connectivity index (χ0v) is 10.2. The average Bonchev–Trinajstić information content (AvgIpc) is 2.40. The normalized spacial score (nSPS) is 9.89. The summed E-state index contributed by atoms with van der Waals surface area (Å²) in [5.41, 5.74) is 6.86. The standard InChI is InChI=1S/C14H13N3O2/c15-14(19)10-4-6-11(7-5-10)17-13(18)9-12-3-1-2-8-16-12/h1-8H,9H2,(H2,15,19)(H,17,18). The smallest absolute Gasteiger partial charge is 0.248 e. The van der Waals surface area contributed by atoms with Gasteiger partial charge in [0.2, 0.25) is 11.8 Å². The molecule has 2 aromatic rings. The zero-order chi connectivity index (χ0) is 13.7. The number of pyridine rings is 1. The fourth-order valence-corrected chi connectivity index (χ4v) is 1.59. The van der Waals surface area contributed by atoms with Gasteiger partial charge in [-0.2, -0.15) is 0 Å². The monoisotopic (exact) mass is 255 g/mol. The van der Waals surface area contributed by atoms with Crippen molar-refractivity contribution in [2.75, 3.05) is 5.32 Å². The SMILES string of the molecule is NC(=O)c1ccc(NC(=O)Cc2ccccn2)cc1. The first-order valence-electron chi connectivity index (χ1n) is 5.75. The number of nitrogens with one attached hydrogen (secondary N) is 1. The van der Waals surface area contributed by atoms with Crippen LogP contribution in [0.2, 0.25) is 0 Å². The maximum absolute atomic E-state index is 11.8. The first kappa shape index (κ1) is 12.8. The van der Waals surface area contributed by atoms with Crippen molar-refractivity contribution in [1.82, 2.24) is 4.98 Å². The molecule has 1 aromatic heterocycles. The predicted octanol–water partition coefficient (Wildman–Crippen LogP) is 1.36. The molecule has 0 bridgehead atoms. The van der Waals surface area contributed by atoms with Gasteiger partial charge < -0.3 is 11.1 Å². The third kappa shape index (κ3) is 3.64. The quantitative estimate of drug-likeness (QED) is 0.865. The van der Waals surface area contributed by atoms with Gasteiger partial charge in [-0.15, -0.1) is 0 Å². The second-order valence-electron chi connectivity index (χ2n) is 3.99.